The molecule has 1 aromatic carbocycles. The summed E-state index contributed by atoms with van der Waals surface area (Å²) in [7, 11) is 1.99. The van der Waals surface area contributed by atoms with Gasteiger partial charge in [-0.1, -0.05) is 18.1 Å². The number of benzene rings is 1. The van der Waals surface area contributed by atoms with Gasteiger partial charge in [-0.25, -0.2) is 0 Å². The molecule has 0 amide bonds. The maximum atomic E-state index is 5.53. The summed E-state index contributed by atoms with van der Waals surface area (Å²) >= 11 is 0. The summed E-state index contributed by atoms with van der Waals surface area (Å²) in [5, 5.41) is 3.31. The van der Waals surface area contributed by atoms with Gasteiger partial charge in [0, 0.05) is 6.04 Å². The number of hydrogen-bond donors (Lipinski definition) is 1. The van der Waals surface area contributed by atoms with Gasteiger partial charge in [-0.05, 0) is 37.1 Å². The van der Waals surface area contributed by atoms with Crippen LogP contribution in [0.1, 0.15) is 23.6 Å². The van der Waals surface area contributed by atoms with E-state index in [1.54, 1.807) is 0 Å². The van der Waals surface area contributed by atoms with Gasteiger partial charge in [0.15, 0.2) is 0 Å². The first kappa shape index (κ1) is 10.1. The fraction of sp³-hybridized carbons (Fsp3) is 0.385. The second-order valence-corrected chi connectivity index (χ2v) is 3.70. The standard InChI is InChI=1S/C13H15NO/c1-3-9-15-13-6-4-5-10-11(13)7-8-12(10)14-2/h1,4-6,12,14H,7-9H2,2H3. The molecule has 2 nitrogen and oxygen atoms in total. The SMILES string of the molecule is C#CCOc1cccc2c1CCC2NC. The number of rotatable bonds is 3. The summed E-state index contributed by atoms with van der Waals surface area (Å²) in [6, 6.07) is 6.65. The van der Waals surface area contributed by atoms with E-state index < -0.39 is 0 Å². The van der Waals surface area contributed by atoms with E-state index >= 15 is 0 Å². The van der Waals surface area contributed by atoms with Crippen molar-refractivity contribution in [3.63, 3.8) is 0 Å². The highest BCUT2D eigenvalue weighted by Gasteiger charge is 2.23. The predicted molar refractivity (Wildman–Crippen MR) is 60.9 cm³/mol. The summed E-state index contributed by atoms with van der Waals surface area (Å²) in [5.74, 6) is 3.44. The molecule has 0 bridgehead atoms. The molecule has 0 fully saturated rings. The van der Waals surface area contributed by atoms with Crippen molar-refractivity contribution in [3.05, 3.63) is 29.3 Å². The fourth-order valence-electron chi connectivity index (χ4n) is 2.18. The van der Waals surface area contributed by atoms with Gasteiger partial charge in [0.1, 0.15) is 12.4 Å². The molecule has 0 heterocycles. The van der Waals surface area contributed by atoms with Crippen LogP contribution in [0, 0.1) is 12.3 Å². The lowest BCUT2D eigenvalue weighted by Gasteiger charge is -2.11. The van der Waals surface area contributed by atoms with Crippen molar-refractivity contribution in [3.8, 4) is 18.1 Å². The Kier molecular flexibility index (Phi) is 2.94. The topological polar surface area (TPSA) is 21.3 Å². The van der Waals surface area contributed by atoms with Crippen molar-refractivity contribution >= 4 is 0 Å². The largest absolute Gasteiger partial charge is 0.481 e. The molecule has 0 spiro atoms. The minimum Gasteiger partial charge on any atom is -0.481 e. The lowest BCUT2D eigenvalue weighted by molar-refractivity contribution is 0.366. The van der Waals surface area contributed by atoms with Gasteiger partial charge in [-0.2, -0.15) is 0 Å². The molecule has 0 aromatic heterocycles. The molecule has 78 valence electrons. The predicted octanol–water partition coefficient (Wildman–Crippen LogP) is 1.91. The Morgan fingerprint density at radius 1 is 1.60 bits per heavy atom. The Balaban J connectivity index is 2.28. The Hall–Kier alpha value is -1.46. The molecule has 1 aliphatic rings. The van der Waals surface area contributed by atoms with Gasteiger partial charge < -0.3 is 10.1 Å². The van der Waals surface area contributed by atoms with E-state index in [1.807, 2.05) is 19.2 Å². The van der Waals surface area contributed by atoms with Crippen molar-refractivity contribution in [1.29, 1.82) is 0 Å². The van der Waals surface area contributed by atoms with Crippen LogP contribution in [0.15, 0.2) is 18.2 Å². The zero-order valence-corrected chi connectivity index (χ0v) is 8.92. The van der Waals surface area contributed by atoms with Crippen molar-refractivity contribution in [2.24, 2.45) is 0 Å². The van der Waals surface area contributed by atoms with E-state index in [9.17, 15) is 0 Å². The van der Waals surface area contributed by atoms with Crippen LogP contribution in [0.2, 0.25) is 0 Å². The first-order chi connectivity index (χ1) is 7.36. The van der Waals surface area contributed by atoms with Crippen molar-refractivity contribution in [2.75, 3.05) is 13.7 Å². The third-order valence-corrected chi connectivity index (χ3v) is 2.89. The zero-order chi connectivity index (χ0) is 10.7. The highest BCUT2D eigenvalue weighted by Crippen LogP contribution is 2.36. The van der Waals surface area contributed by atoms with Gasteiger partial charge in [0.25, 0.3) is 0 Å². The Morgan fingerprint density at radius 2 is 2.47 bits per heavy atom. The average Bonchev–Trinajstić information content (AvgIpc) is 2.69. The van der Waals surface area contributed by atoms with Crippen LogP contribution >= 0.6 is 0 Å². The summed E-state index contributed by atoms with van der Waals surface area (Å²) in [6.45, 7) is 0.348. The Bertz CT molecular complexity index is 392. The van der Waals surface area contributed by atoms with Crippen LogP contribution in [0.3, 0.4) is 0 Å². The highest BCUT2D eigenvalue weighted by molar-refractivity contribution is 5.45. The number of nitrogens with one attached hydrogen (secondary N) is 1. The fourth-order valence-corrected chi connectivity index (χ4v) is 2.18. The van der Waals surface area contributed by atoms with Gasteiger partial charge >= 0.3 is 0 Å². The molecule has 1 atom stereocenters. The third-order valence-electron chi connectivity index (χ3n) is 2.89. The molecular formula is C13H15NO. The van der Waals surface area contributed by atoms with Crippen LogP contribution in [0.5, 0.6) is 5.75 Å². The highest BCUT2D eigenvalue weighted by atomic mass is 16.5. The zero-order valence-electron chi connectivity index (χ0n) is 8.92. The molecule has 0 saturated carbocycles. The van der Waals surface area contributed by atoms with Crippen molar-refractivity contribution in [2.45, 2.75) is 18.9 Å². The van der Waals surface area contributed by atoms with Gasteiger partial charge in [-0.15, -0.1) is 6.42 Å². The Labute approximate surface area is 90.6 Å². The summed E-state index contributed by atoms with van der Waals surface area (Å²) in [5.41, 5.74) is 2.67. The third kappa shape index (κ3) is 1.84. The molecule has 1 aliphatic carbocycles. The van der Waals surface area contributed by atoms with E-state index in [0.29, 0.717) is 12.6 Å². The molecule has 0 radical (unpaired) electrons. The maximum Gasteiger partial charge on any atom is 0.148 e. The molecule has 1 N–H and O–H groups in total. The number of fused-ring (bicyclic) bond motifs is 1. The number of terminal acetylenes is 1. The molecule has 0 saturated heterocycles. The molecule has 0 aliphatic heterocycles. The minimum atomic E-state index is 0.348. The second kappa shape index (κ2) is 4.37. The lowest BCUT2D eigenvalue weighted by atomic mass is 10.1. The molecule has 1 unspecified atom stereocenters. The van der Waals surface area contributed by atoms with E-state index in [-0.39, 0.29) is 0 Å². The first-order valence-corrected chi connectivity index (χ1v) is 5.22. The lowest BCUT2D eigenvalue weighted by Crippen LogP contribution is -2.12. The molecule has 2 heteroatoms. The molecule has 2 rings (SSSR count). The maximum absolute atomic E-state index is 5.53. The van der Waals surface area contributed by atoms with Crippen molar-refractivity contribution < 1.29 is 4.74 Å². The molecule has 15 heavy (non-hydrogen) atoms. The van der Waals surface area contributed by atoms with Crippen LogP contribution in [0.25, 0.3) is 0 Å². The summed E-state index contributed by atoms with van der Waals surface area (Å²) in [6.07, 6.45) is 7.40. The van der Waals surface area contributed by atoms with Crippen LogP contribution in [-0.2, 0) is 6.42 Å². The molecule has 1 aromatic rings. The van der Waals surface area contributed by atoms with Gasteiger partial charge in [-0.3, -0.25) is 0 Å². The van der Waals surface area contributed by atoms with Crippen molar-refractivity contribution in [1.82, 2.24) is 5.32 Å². The summed E-state index contributed by atoms with van der Waals surface area (Å²) in [4.78, 5) is 0. The number of hydrogen-bond acceptors (Lipinski definition) is 2. The first-order valence-electron chi connectivity index (χ1n) is 5.22. The van der Waals surface area contributed by atoms with Crippen LogP contribution in [0.4, 0.5) is 0 Å². The van der Waals surface area contributed by atoms with Gasteiger partial charge in [0.2, 0.25) is 0 Å². The normalized spacial score (nSPS) is 18.3. The number of ether oxygens (including phenoxy) is 1. The van der Waals surface area contributed by atoms with Gasteiger partial charge in [0.05, 0.1) is 0 Å². The van der Waals surface area contributed by atoms with E-state index in [0.717, 1.165) is 18.6 Å². The molecular weight excluding hydrogens is 186 g/mol. The Morgan fingerprint density at radius 3 is 3.20 bits per heavy atom. The second-order valence-electron chi connectivity index (χ2n) is 3.70. The quantitative estimate of drug-likeness (QED) is 0.754. The monoisotopic (exact) mass is 201 g/mol. The van der Waals surface area contributed by atoms with E-state index in [1.165, 1.54) is 11.1 Å². The van der Waals surface area contributed by atoms with E-state index in [2.05, 4.69) is 17.3 Å². The smallest absolute Gasteiger partial charge is 0.148 e. The van der Waals surface area contributed by atoms with Crippen LogP contribution < -0.4 is 10.1 Å². The van der Waals surface area contributed by atoms with E-state index in [4.69, 9.17) is 11.2 Å². The van der Waals surface area contributed by atoms with Crippen LogP contribution in [-0.4, -0.2) is 13.7 Å². The average molecular weight is 201 g/mol. The summed E-state index contributed by atoms with van der Waals surface area (Å²) < 4.78 is 5.53. The minimum absolute atomic E-state index is 0.348.